The van der Waals surface area contributed by atoms with Crippen LogP contribution in [0, 0.1) is 11.3 Å². The summed E-state index contributed by atoms with van der Waals surface area (Å²) in [5, 5.41) is 8.69. The van der Waals surface area contributed by atoms with Gasteiger partial charge in [0.05, 0.1) is 18.1 Å². The first-order valence-electron chi connectivity index (χ1n) is 5.15. The van der Waals surface area contributed by atoms with Gasteiger partial charge in [-0.15, -0.1) is 0 Å². The van der Waals surface area contributed by atoms with E-state index < -0.39 is 12.6 Å². The minimum absolute atomic E-state index is 0.0414. The molecule has 0 unspecified atom stereocenters. The second-order valence-electron chi connectivity index (χ2n) is 3.92. The summed E-state index contributed by atoms with van der Waals surface area (Å²) in [5.41, 5.74) is 1.36. The van der Waals surface area contributed by atoms with Crippen molar-refractivity contribution >= 4 is 0 Å². The molecule has 0 aliphatic carbocycles. The fraction of sp³-hybridized carbons (Fsp3) is 0.417. The lowest BCUT2D eigenvalue weighted by Gasteiger charge is -2.17. The van der Waals surface area contributed by atoms with Gasteiger partial charge in [-0.1, -0.05) is 12.1 Å². The second-order valence-corrected chi connectivity index (χ2v) is 3.92. The van der Waals surface area contributed by atoms with E-state index in [1.54, 1.807) is 36.2 Å². The Kier molecular flexibility index (Phi) is 4.53. The van der Waals surface area contributed by atoms with Gasteiger partial charge in [0.25, 0.3) is 0 Å². The van der Waals surface area contributed by atoms with E-state index >= 15 is 0 Å². The molecule has 92 valence electrons. The molecular formula is C12H13F3N2. The van der Waals surface area contributed by atoms with Crippen LogP contribution in [0.4, 0.5) is 13.2 Å². The molecule has 0 fully saturated rings. The summed E-state index contributed by atoms with van der Waals surface area (Å²) in [7, 11) is 1.63. The molecule has 0 radical (unpaired) electrons. The van der Waals surface area contributed by atoms with Crippen molar-refractivity contribution in [2.24, 2.45) is 0 Å². The van der Waals surface area contributed by atoms with Crippen molar-refractivity contribution in [2.75, 3.05) is 13.6 Å². The predicted octanol–water partition coefficient (Wildman–Crippen LogP) is 2.94. The number of rotatable bonds is 4. The van der Waals surface area contributed by atoms with Crippen LogP contribution in [0.15, 0.2) is 24.3 Å². The van der Waals surface area contributed by atoms with Gasteiger partial charge < -0.3 is 4.90 Å². The summed E-state index contributed by atoms with van der Waals surface area (Å²) < 4.78 is 36.0. The van der Waals surface area contributed by atoms with Crippen molar-refractivity contribution in [1.82, 2.24) is 4.90 Å². The molecule has 0 aliphatic heterocycles. The van der Waals surface area contributed by atoms with Gasteiger partial charge in [-0.25, -0.2) is 0 Å². The van der Waals surface area contributed by atoms with Gasteiger partial charge in [0, 0.05) is 13.1 Å². The summed E-state index contributed by atoms with van der Waals surface area (Å²) in [6.07, 6.45) is -4.94. The van der Waals surface area contributed by atoms with Crippen molar-refractivity contribution in [3.63, 3.8) is 0 Å². The first kappa shape index (κ1) is 13.5. The van der Waals surface area contributed by atoms with Crippen molar-refractivity contribution in [3.8, 4) is 6.07 Å². The maximum Gasteiger partial charge on any atom is 0.390 e. The van der Waals surface area contributed by atoms with Gasteiger partial charge in [0.1, 0.15) is 0 Å². The van der Waals surface area contributed by atoms with Gasteiger partial charge in [0.2, 0.25) is 0 Å². The first-order chi connectivity index (χ1) is 7.90. The molecule has 0 aromatic heterocycles. The van der Waals surface area contributed by atoms with Crippen LogP contribution >= 0.6 is 0 Å². The van der Waals surface area contributed by atoms with Crippen molar-refractivity contribution in [1.29, 1.82) is 5.26 Å². The monoisotopic (exact) mass is 242 g/mol. The number of nitrogens with zero attached hydrogens (tertiary/aromatic N) is 2. The maximum atomic E-state index is 12.0. The zero-order valence-corrected chi connectivity index (χ0v) is 9.46. The number of nitriles is 1. The van der Waals surface area contributed by atoms with E-state index in [0.29, 0.717) is 12.1 Å². The molecule has 0 amide bonds. The third-order valence-corrected chi connectivity index (χ3v) is 2.29. The van der Waals surface area contributed by atoms with E-state index in [1.807, 2.05) is 6.07 Å². The van der Waals surface area contributed by atoms with E-state index in [2.05, 4.69) is 0 Å². The molecular weight excluding hydrogens is 229 g/mol. The molecule has 1 rings (SSSR count). The summed E-state index contributed by atoms with van der Waals surface area (Å²) in [6.45, 7) is 0.367. The highest BCUT2D eigenvalue weighted by atomic mass is 19.4. The number of hydrogen-bond donors (Lipinski definition) is 0. The lowest BCUT2D eigenvalue weighted by molar-refractivity contribution is -0.137. The Balaban J connectivity index is 2.51. The molecule has 5 heteroatoms. The van der Waals surface area contributed by atoms with Crippen LogP contribution in [-0.2, 0) is 6.54 Å². The summed E-state index contributed by atoms with van der Waals surface area (Å²) >= 11 is 0. The number of benzene rings is 1. The molecule has 0 N–H and O–H groups in total. The van der Waals surface area contributed by atoms with Crippen LogP contribution in [0.25, 0.3) is 0 Å². The first-order valence-corrected chi connectivity index (χ1v) is 5.15. The van der Waals surface area contributed by atoms with Gasteiger partial charge in [-0.3, -0.25) is 0 Å². The SMILES string of the molecule is CN(CCC(F)(F)F)Cc1cccc(C#N)c1. The summed E-state index contributed by atoms with van der Waals surface area (Å²) in [4.78, 5) is 1.59. The third-order valence-electron chi connectivity index (χ3n) is 2.29. The van der Waals surface area contributed by atoms with E-state index in [4.69, 9.17) is 5.26 Å². The third kappa shape index (κ3) is 5.36. The Labute approximate surface area is 98.3 Å². The standard InChI is InChI=1S/C12H13F3N2/c1-17(6-5-12(13,14)15)9-11-4-2-3-10(7-11)8-16/h2-4,7H,5-6,9H2,1H3. The van der Waals surface area contributed by atoms with Crippen LogP contribution in [0.3, 0.4) is 0 Å². The van der Waals surface area contributed by atoms with Crippen LogP contribution in [-0.4, -0.2) is 24.7 Å². The van der Waals surface area contributed by atoms with Gasteiger partial charge in [-0.05, 0) is 24.7 Å². The van der Waals surface area contributed by atoms with Crippen molar-refractivity contribution in [3.05, 3.63) is 35.4 Å². The van der Waals surface area contributed by atoms with Gasteiger partial charge in [-0.2, -0.15) is 18.4 Å². The molecule has 1 aromatic rings. The van der Waals surface area contributed by atoms with Crippen LogP contribution in [0.5, 0.6) is 0 Å². The average molecular weight is 242 g/mol. The Morgan fingerprint density at radius 2 is 2.06 bits per heavy atom. The lowest BCUT2D eigenvalue weighted by Crippen LogP contribution is -2.24. The van der Waals surface area contributed by atoms with Gasteiger partial charge in [0.15, 0.2) is 0 Å². The molecule has 0 saturated heterocycles. The van der Waals surface area contributed by atoms with E-state index in [9.17, 15) is 13.2 Å². The number of halogens is 3. The van der Waals surface area contributed by atoms with E-state index in [-0.39, 0.29) is 6.54 Å². The Morgan fingerprint density at radius 3 is 2.65 bits per heavy atom. The zero-order chi connectivity index (χ0) is 12.9. The Hall–Kier alpha value is -1.54. The van der Waals surface area contributed by atoms with Crippen LogP contribution in [0.1, 0.15) is 17.5 Å². The lowest BCUT2D eigenvalue weighted by atomic mass is 10.1. The molecule has 2 nitrogen and oxygen atoms in total. The molecule has 0 heterocycles. The summed E-state index contributed by atoms with van der Waals surface area (Å²) in [5.74, 6) is 0. The minimum atomic E-state index is -4.12. The predicted molar refractivity (Wildman–Crippen MR) is 58.2 cm³/mol. The number of hydrogen-bond acceptors (Lipinski definition) is 2. The minimum Gasteiger partial charge on any atom is -0.302 e. The molecule has 17 heavy (non-hydrogen) atoms. The zero-order valence-electron chi connectivity index (χ0n) is 9.46. The highest BCUT2D eigenvalue weighted by Gasteiger charge is 2.26. The molecule has 0 aliphatic rings. The largest absolute Gasteiger partial charge is 0.390 e. The molecule has 0 spiro atoms. The highest BCUT2D eigenvalue weighted by molar-refractivity contribution is 5.32. The normalized spacial score (nSPS) is 11.5. The smallest absolute Gasteiger partial charge is 0.302 e. The number of alkyl halides is 3. The molecule has 1 aromatic carbocycles. The summed E-state index contributed by atoms with van der Waals surface area (Å²) in [6, 6.07) is 8.87. The Bertz CT molecular complexity index is 407. The fourth-order valence-corrected chi connectivity index (χ4v) is 1.45. The van der Waals surface area contributed by atoms with Gasteiger partial charge >= 0.3 is 6.18 Å². The van der Waals surface area contributed by atoms with Crippen LogP contribution < -0.4 is 0 Å². The Morgan fingerprint density at radius 1 is 1.35 bits per heavy atom. The molecule has 0 atom stereocenters. The maximum absolute atomic E-state index is 12.0. The van der Waals surface area contributed by atoms with E-state index in [1.165, 1.54) is 0 Å². The average Bonchev–Trinajstić information content (AvgIpc) is 2.26. The molecule has 0 saturated carbocycles. The highest BCUT2D eigenvalue weighted by Crippen LogP contribution is 2.19. The second kappa shape index (κ2) is 5.69. The topological polar surface area (TPSA) is 27.0 Å². The van der Waals surface area contributed by atoms with E-state index in [0.717, 1.165) is 5.56 Å². The quantitative estimate of drug-likeness (QED) is 0.811. The van der Waals surface area contributed by atoms with Crippen LogP contribution in [0.2, 0.25) is 0 Å². The van der Waals surface area contributed by atoms with Crippen molar-refractivity contribution < 1.29 is 13.2 Å². The van der Waals surface area contributed by atoms with Crippen molar-refractivity contribution in [2.45, 2.75) is 19.1 Å². The fourth-order valence-electron chi connectivity index (χ4n) is 1.45. The molecule has 0 bridgehead atoms.